The van der Waals surface area contributed by atoms with Crippen LogP contribution in [0.2, 0.25) is 0 Å². The fraction of sp³-hybridized carbons (Fsp3) is 0.348. The van der Waals surface area contributed by atoms with Crippen LogP contribution in [0.25, 0.3) is 75.4 Å². The van der Waals surface area contributed by atoms with Crippen molar-refractivity contribution in [3.05, 3.63) is 96.1 Å². The summed E-state index contributed by atoms with van der Waals surface area (Å²) in [7, 11) is 0. The average Bonchev–Trinajstić information content (AvgIpc) is 3.60. The molecule has 232 valence electrons. The van der Waals surface area contributed by atoms with Crippen LogP contribution in [0.15, 0.2) is 84.9 Å². The highest BCUT2D eigenvalue weighted by atomic mass is 14.3. The Morgan fingerprint density at radius 3 is 1.46 bits per heavy atom. The van der Waals surface area contributed by atoms with Gasteiger partial charge in [-0.2, -0.15) is 0 Å². The second-order valence-corrected chi connectivity index (χ2v) is 14.1. The van der Waals surface area contributed by atoms with Crippen molar-refractivity contribution < 1.29 is 0 Å². The van der Waals surface area contributed by atoms with E-state index in [-0.39, 0.29) is 0 Å². The predicted molar refractivity (Wildman–Crippen MR) is 206 cm³/mol. The van der Waals surface area contributed by atoms with Gasteiger partial charge in [-0.15, -0.1) is 0 Å². The molecule has 0 spiro atoms. The van der Waals surface area contributed by atoms with Crippen molar-refractivity contribution >= 4 is 75.4 Å². The van der Waals surface area contributed by atoms with E-state index >= 15 is 0 Å². The SMILES string of the molecule is CCCCCCCCc1c2cc3c4ccccc4c4cccc(c2c(CCCCCCCC)c2c5cccc6cccc(c12)c65)c43. The summed E-state index contributed by atoms with van der Waals surface area (Å²) < 4.78 is 0. The fourth-order valence-electron chi connectivity index (χ4n) is 9.02. The summed E-state index contributed by atoms with van der Waals surface area (Å²) in [6, 6.07) is 33.0. The molecule has 0 saturated carbocycles. The summed E-state index contributed by atoms with van der Waals surface area (Å²) in [5.74, 6) is 0. The lowest BCUT2D eigenvalue weighted by molar-refractivity contribution is 0.608. The minimum atomic E-state index is 1.15. The Morgan fingerprint density at radius 2 is 0.804 bits per heavy atom. The van der Waals surface area contributed by atoms with Crippen LogP contribution in [0.3, 0.4) is 0 Å². The molecule has 8 aromatic rings. The van der Waals surface area contributed by atoms with Gasteiger partial charge in [0.05, 0.1) is 0 Å². The van der Waals surface area contributed by atoms with E-state index in [0.717, 1.165) is 12.8 Å². The van der Waals surface area contributed by atoms with Crippen LogP contribution < -0.4 is 0 Å². The van der Waals surface area contributed by atoms with Gasteiger partial charge in [-0.3, -0.25) is 0 Å². The fourth-order valence-corrected chi connectivity index (χ4v) is 9.02. The number of benzene rings is 6. The van der Waals surface area contributed by atoms with Crippen molar-refractivity contribution in [3.8, 4) is 0 Å². The Morgan fingerprint density at radius 1 is 0.326 bits per heavy atom. The third-order valence-electron chi connectivity index (χ3n) is 11.2. The average molecular weight is 601 g/mol. The molecule has 8 rings (SSSR count). The molecule has 0 aliphatic carbocycles. The van der Waals surface area contributed by atoms with Gasteiger partial charge < -0.3 is 0 Å². The van der Waals surface area contributed by atoms with Crippen LogP contribution in [-0.2, 0) is 12.8 Å². The molecule has 0 atom stereocenters. The van der Waals surface area contributed by atoms with E-state index in [1.165, 1.54) is 136 Å². The molecule has 0 unspecified atom stereocenters. The number of hydrogen-bond acceptors (Lipinski definition) is 0. The molecule has 46 heavy (non-hydrogen) atoms. The molecule has 0 nitrogen and oxygen atoms in total. The zero-order valence-corrected chi connectivity index (χ0v) is 28.0. The van der Waals surface area contributed by atoms with Gasteiger partial charge in [-0.25, -0.2) is 0 Å². The molecular formula is C46H48. The number of unbranched alkanes of at least 4 members (excludes halogenated alkanes) is 10. The second-order valence-electron chi connectivity index (χ2n) is 14.1. The highest BCUT2D eigenvalue weighted by molar-refractivity contribution is 6.39. The maximum atomic E-state index is 2.63. The summed E-state index contributed by atoms with van der Waals surface area (Å²) >= 11 is 0. The standard InChI is InChI=1S/C46H48/c1-3-5-7-9-11-13-24-35-41-30-40-33-23-16-15-22-32(33)34-26-19-29-38(43(34)40)44(41)39(25-14-12-10-8-6-4-2)46-37-28-18-21-31-20-17-27-36(42(31)37)45(35)46/h15-23,26-30H,3-14,24-25H2,1-2H3. The number of hydrogen-bond donors (Lipinski definition) is 0. The van der Waals surface area contributed by atoms with E-state index in [9.17, 15) is 0 Å². The van der Waals surface area contributed by atoms with Crippen molar-refractivity contribution in [2.45, 2.75) is 104 Å². The van der Waals surface area contributed by atoms with E-state index < -0.39 is 0 Å². The summed E-state index contributed by atoms with van der Waals surface area (Å²) in [4.78, 5) is 0. The Balaban J connectivity index is 1.44. The third kappa shape index (κ3) is 4.79. The van der Waals surface area contributed by atoms with Gasteiger partial charge in [-0.05, 0) is 118 Å². The summed E-state index contributed by atoms with van der Waals surface area (Å²) in [5, 5.41) is 20.6. The van der Waals surface area contributed by atoms with Gasteiger partial charge in [0.25, 0.3) is 0 Å². The minimum Gasteiger partial charge on any atom is -0.0654 e. The first-order valence-corrected chi connectivity index (χ1v) is 18.5. The third-order valence-corrected chi connectivity index (χ3v) is 11.2. The molecule has 0 N–H and O–H groups in total. The highest BCUT2D eigenvalue weighted by Crippen LogP contribution is 2.50. The Bertz CT molecular complexity index is 2280. The van der Waals surface area contributed by atoms with Crippen molar-refractivity contribution in [1.82, 2.24) is 0 Å². The summed E-state index contributed by atoms with van der Waals surface area (Å²) in [6.45, 7) is 4.64. The lowest BCUT2D eigenvalue weighted by Gasteiger charge is -2.19. The molecule has 0 aromatic heterocycles. The highest BCUT2D eigenvalue weighted by Gasteiger charge is 2.24. The molecule has 0 heteroatoms. The quantitative estimate of drug-likeness (QED) is 0.0860. The summed E-state index contributed by atoms with van der Waals surface area (Å²) in [6.07, 6.45) is 18.2. The topological polar surface area (TPSA) is 0 Å². The number of rotatable bonds is 14. The first-order valence-electron chi connectivity index (χ1n) is 18.5. The lowest BCUT2D eigenvalue weighted by Crippen LogP contribution is -1.97. The van der Waals surface area contributed by atoms with Crippen LogP contribution in [-0.4, -0.2) is 0 Å². The number of aryl methyl sites for hydroxylation is 2. The van der Waals surface area contributed by atoms with E-state index in [0.29, 0.717) is 0 Å². The number of fused-ring (bicyclic) bond motifs is 8. The van der Waals surface area contributed by atoms with Crippen LogP contribution in [0, 0.1) is 0 Å². The van der Waals surface area contributed by atoms with Crippen molar-refractivity contribution in [2.24, 2.45) is 0 Å². The Hall–Kier alpha value is -3.90. The maximum absolute atomic E-state index is 2.63. The van der Waals surface area contributed by atoms with E-state index in [1.807, 2.05) is 0 Å². The van der Waals surface area contributed by atoms with Crippen molar-refractivity contribution in [3.63, 3.8) is 0 Å². The van der Waals surface area contributed by atoms with E-state index in [2.05, 4.69) is 98.8 Å². The van der Waals surface area contributed by atoms with E-state index in [1.54, 1.807) is 27.3 Å². The normalized spacial score (nSPS) is 12.5. The first kappa shape index (κ1) is 29.5. The van der Waals surface area contributed by atoms with Gasteiger partial charge in [0, 0.05) is 0 Å². The van der Waals surface area contributed by atoms with E-state index in [4.69, 9.17) is 0 Å². The Labute approximate surface area is 274 Å². The van der Waals surface area contributed by atoms with Crippen LogP contribution >= 0.6 is 0 Å². The zero-order chi connectivity index (χ0) is 31.0. The first-order chi connectivity index (χ1) is 22.8. The predicted octanol–water partition coefficient (Wildman–Crippen LogP) is 14.4. The second kappa shape index (κ2) is 12.7. The molecule has 8 aromatic carbocycles. The summed E-state index contributed by atoms with van der Waals surface area (Å²) in [5.41, 5.74) is 3.21. The van der Waals surface area contributed by atoms with Crippen molar-refractivity contribution in [2.75, 3.05) is 0 Å². The molecule has 0 aliphatic heterocycles. The molecule has 0 amide bonds. The van der Waals surface area contributed by atoms with Gasteiger partial charge in [0.15, 0.2) is 0 Å². The smallest absolute Gasteiger partial charge is 0.00198 e. The zero-order valence-electron chi connectivity index (χ0n) is 28.0. The molecule has 0 bridgehead atoms. The van der Waals surface area contributed by atoms with Crippen LogP contribution in [0.5, 0.6) is 0 Å². The monoisotopic (exact) mass is 600 g/mol. The molecule has 0 saturated heterocycles. The van der Waals surface area contributed by atoms with Crippen molar-refractivity contribution in [1.29, 1.82) is 0 Å². The maximum Gasteiger partial charge on any atom is -0.00198 e. The lowest BCUT2D eigenvalue weighted by atomic mass is 9.85. The van der Waals surface area contributed by atoms with Gasteiger partial charge in [-0.1, -0.05) is 157 Å². The van der Waals surface area contributed by atoms with Gasteiger partial charge in [0.1, 0.15) is 0 Å². The molecule has 0 heterocycles. The van der Waals surface area contributed by atoms with Gasteiger partial charge >= 0.3 is 0 Å². The molecular weight excluding hydrogens is 553 g/mol. The largest absolute Gasteiger partial charge is 0.0654 e. The minimum absolute atomic E-state index is 1.15. The van der Waals surface area contributed by atoms with Gasteiger partial charge in [0.2, 0.25) is 0 Å². The molecule has 0 aliphatic rings. The van der Waals surface area contributed by atoms with Crippen LogP contribution in [0.1, 0.15) is 102 Å². The van der Waals surface area contributed by atoms with Crippen LogP contribution in [0.4, 0.5) is 0 Å². The molecule has 0 radical (unpaired) electrons. The molecule has 0 fully saturated rings. The Kier molecular flexibility index (Phi) is 8.15.